The highest BCUT2D eigenvalue weighted by Gasteiger charge is 2.47. The average Bonchev–Trinajstić information content (AvgIpc) is 3.73. The minimum absolute atomic E-state index is 0.614. The zero-order valence-electron chi connectivity index (χ0n) is 27.9. The van der Waals surface area contributed by atoms with E-state index >= 15 is 0 Å². The second-order valence-corrected chi connectivity index (χ2v) is 13.2. The van der Waals surface area contributed by atoms with Gasteiger partial charge in [0, 0.05) is 28.1 Å². The van der Waals surface area contributed by atoms with Crippen LogP contribution in [0.3, 0.4) is 0 Å². The van der Waals surface area contributed by atoms with Crippen LogP contribution < -0.4 is 4.90 Å². The van der Waals surface area contributed by atoms with Crippen LogP contribution in [0.1, 0.15) is 22.3 Å². The Bertz CT molecular complexity index is 2650. The fourth-order valence-corrected chi connectivity index (χ4v) is 8.48. The Morgan fingerprint density at radius 1 is 0.392 bits per heavy atom. The second kappa shape index (κ2) is 11.8. The third kappa shape index (κ3) is 4.43. The molecule has 1 aliphatic carbocycles. The number of hydrogen-bond donors (Lipinski definition) is 0. The van der Waals surface area contributed by atoms with Gasteiger partial charge in [-0.05, 0) is 69.3 Å². The minimum atomic E-state index is -0.614. The van der Waals surface area contributed by atoms with Gasteiger partial charge in [-0.3, -0.25) is 0 Å². The summed E-state index contributed by atoms with van der Waals surface area (Å²) in [6, 6.07) is 72.1. The summed E-state index contributed by atoms with van der Waals surface area (Å²) in [4.78, 5) is 2.39. The van der Waals surface area contributed by atoms with Gasteiger partial charge in [0.05, 0.1) is 16.8 Å². The summed E-state index contributed by atoms with van der Waals surface area (Å²) in [6.07, 6.45) is 0. The van der Waals surface area contributed by atoms with Crippen LogP contribution in [0.15, 0.2) is 205 Å². The van der Waals surface area contributed by atoms with E-state index in [0.29, 0.717) is 0 Å². The van der Waals surface area contributed by atoms with Crippen molar-refractivity contribution in [3.63, 3.8) is 0 Å². The van der Waals surface area contributed by atoms with Crippen LogP contribution in [-0.2, 0) is 5.41 Å². The van der Waals surface area contributed by atoms with E-state index in [2.05, 4.69) is 205 Å². The molecule has 0 saturated heterocycles. The summed E-state index contributed by atoms with van der Waals surface area (Å²) < 4.78 is 6.86. The van der Waals surface area contributed by atoms with Crippen LogP contribution in [0, 0.1) is 0 Å². The first-order valence-electron chi connectivity index (χ1n) is 17.5. The average molecular weight is 652 g/mol. The Hall–Kier alpha value is -6.64. The Kier molecular flexibility index (Phi) is 6.75. The zero-order chi connectivity index (χ0) is 33.8. The number of para-hydroxylation sites is 3. The molecule has 0 N–H and O–H groups in total. The Labute approximate surface area is 297 Å². The van der Waals surface area contributed by atoms with Crippen molar-refractivity contribution < 1.29 is 4.42 Å². The fourth-order valence-electron chi connectivity index (χ4n) is 8.48. The molecule has 0 fully saturated rings. The van der Waals surface area contributed by atoms with Crippen LogP contribution >= 0.6 is 0 Å². The molecule has 9 aromatic rings. The van der Waals surface area contributed by atoms with Gasteiger partial charge in [-0.25, -0.2) is 0 Å². The molecular weight excluding hydrogens is 619 g/mol. The normalized spacial score (nSPS) is 12.9. The summed E-state index contributed by atoms with van der Waals surface area (Å²) in [5, 5.41) is 2.25. The Balaban J connectivity index is 1.37. The maximum Gasteiger partial charge on any atom is 0.137 e. The molecule has 2 heteroatoms. The van der Waals surface area contributed by atoms with Crippen LogP contribution in [0.2, 0.25) is 0 Å². The van der Waals surface area contributed by atoms with Gasteiger partial charge in [0.1, 0.15) is 11.2 Å². The highest BCUT2D eigenvalue weighted by molar-refractivity contribution is 6.10. The molecule has 0 radical (unpaired) electrons. The van der Waals surface area contributed by atoms with E-state index < -0.39 is 5.41 Å². The zero-order valence-corrected chi connectivity index (χ0v) is 27.9. The van der Waals surface area contributed by atoms with Crippen molar-refractivity contribution in [3.8, 4) is 22.3 Å². The predicted octanol–water partition coefficient (Wildman–Crippen LogP) is 13.1. The maximum atomic E-state index is 6.86. The van der Waals surface area contributed by atoms with E-state index in [-0.39, 0.29) is 0 Å². The smallest absolute Gasteiger partial charge is 0.137 e. The standard InChI is InChI=1S/C49H33NO/c1-4-18-34(19-5-1)38-24-12-16-30-45(38)50(36-22-8-3-9-23-36)37-32-44(48-41-27-13-17-31-46(41)51-47(48)33-37)49(35-20-6-2-7-21-35)42-28-14-10-25-39(42)40-26-11-15-29-43(40)49/h1-33H. The molecule has 0 spiro atoms. The lowest BCUT2D eigenvalue weighted by Gasteiger charge is -2.36. The Morgan fingerprint density at radius 2 is 0.941 bits per heavy atom. The van der Waals surface area contributed by atoms with Crippen molar-refractivity contribution in [2.24, 2.45) is 0 Å². The molecule has 10 rings (SSSR count). The molecule has 2 nitrogen and oxygen atoms in total. The molecular formula is C49H33NO. The van der Waals surface area contributed by atoms with Gasteiger partial charge in [-0.1, -0.05) is 164 Å². The fraction of sp³-hybridized carbons (Fsp3) is 0.0204. The summed E-state index contributed by atoms with van der Waals surface area (Å²) in [5.74, 6) is 0. The van der Waals surface area contributed by atoms with Gasteiger partial charge >= 0.3 is 0 Å². The van der Waals surface area contributed by atoms with Gasteiger partial charge in [0.25, 0.3) is 0 Å². The molecule has 1 aliphatic rings. The summed E-state index contributed by atoms with van der Waals surface area (Å²) in [7, 11) is 0. The summed E-state index contributed by atoms with van der Waals surface area (Å²) in [6.45, 7) is 0. The van der Waals surface area contributed by atoms with Crippen molar-refractivity contribution in [3.05, 3.63) is 222 Å². The second-order valence-electron chi connectivity index (χ2n) is 13.2. The lowest BCUT2D eigenvalue weighted by atomic mass is 9.66. The van der Waals surface area contributed by atoms with E-state index in [9.17, 15) is 0 Å². The number of benzene rings is 8. The SMILES string of the molecule is c1ccc(-c2ccccc2N(c2ccccc2)c2cc(C3(c4ccccc4)c4ccccc4-c4ccccc43)c3c(c2)oc2ccccc23)cc1. The lowest BCUT2D eigenvalue weighted by Crippen LogP contribution is -2.29. The predicted molar refractivity (Wildman–Crippen MR) is 211 cm³/mol. The van der Waals surface area contributed by atoms with Gasteiger partial charge in [0.15, 0.2) is 0 Å². The van der Waals surface area contributed by atoms with Crippen molar-refractivity contribution in [2.75, 3.05) is 4.90 Å². The molecule has 1 heterocycles. The quantitative estimate of drug-likeness (QED) is 0.178. The van der Waals surface area contributed by atoms with Crippen molar-refractivity contribution in [2.45, 2.75) is 5.41 Å². The lowest BCUT2D eigenvalue weighted by molar-refractivity contribution is 0.667. The minimum Gasteiger partial charge on any atom is -0.456 e. The van der Waals surface area contributed by atoms with Gasteiger partial charge < -0.3 is 9.32 Å². The van der Waals surface area contributed by atoms with Crippen LogP contribution in [-0.4, -0.2) is 0 Å². The van der Waals surface area contributed by atoms with Crippen molar-refractivity contribution in [1.82, 2.24) is 0 Å². The van der Waals surface area contributed by atoms with E-state index in [0.717, 1.165) is 44.6 Å². The molecule has 0 bridgehead atoms. The van der Waals surface area contributed by atoms with E-state index in [1.54, 1.807) is 0 Å². The molecule has 8 aromatic carbocycles. The molecule has 0 unspecified atom stereocenters. The Morgan fingerprint density at radius 3 is 1.65 bits per heavy atom. The molecule has 51 heavy (non-hydrogen) atoms. The molecule has 240 valence electrons. The van der Waals surface area contributed by atoms with E-state index in [4.69, 9.17) is 4.42 Å². The van der Waals surface area contributed by atoms with Crippen molar-refractivity contribution in [1.29, 1.82) is 0 Å². The number of anilines is 3. The van der Waals surface area contributed by atoms with Crippen molar-refractivity contribution >= 4 is 39.0 Å². The molecule has 1 aromatic heterocycles. The monoisotopic (exact) mass is 651 g/mol. The third-order valence-electron chi connectivity index (χ3n) is 10.5. The van der Waals surface area contributed by atoms with Gasteiger partial charge in [0.2, 0.25) is 0 Å². The molecule has 0 saturated carbocycles. The number of nitrogens with zero attached hydrogens (tertiary/aromatic N) is 1. The highest BCUT2D eigenvalue weighted by atomic mass is 16.3. The maximum absolute atomic E-state index is 6.86. The first-order chi connectivity index (χ1) is 25.3. The number of rotatable bonds is 6. The van der Waals surface area contributed by atoms with Crippen LogP contribution in [0.4, 0.5) is 17.1 Å². The van der Waals surface area contributed by atoms with E-state index in [1.165, 1.54) is 38.9 Å². The van der Waals surface area contributed by atoms with E-state index in [1.807, 2.05) is 0 Å². The number of furan rings is 1. The topological polar surface area (TPSA) is 16.4 Å². The van der Waals surface area contributed by atoms with Gasteiger partial charge in [-0.2, -0.15) is 0 Å². The number of hydrogen-bond acceptors (Lipinski definition) is 2. The largest absolute Gasteiger partial charge is 0.456 e. The molecule has 0 aliphatic heterocycles. The first-order valence-corrected chi connectivity index (χ1v) is 17.5. The van der Waals surface area contributed by atoms with Crippen LogP contribution in [0.5, 0.6) is 0 Å². The summed E-state index contributed by atoms with van der Waals surface area (Å²) >= 11 is 0. The summed E-state index contributed by atoms with van der Waals surface area (Å²) in [5.41, 5.74) is 14.1. The number of fused-ring (bicyclic) bond motifs is 6. The highest BCUT2D eigenvalue weighted by Crippen LogP contribution is 2.59. The van der Waals surface area contributed by atoms with Gasteiger partial charge in [-0.15, -0.1) is 0 Å². The third-order valence-corrected chi connectivity index (χ3v) is 10.5. The molecule has 0 atom stereocenters. The molecule has 0 amide bonds. The first kappa shape index (κ1) is 29.3. The van der Waals surface area contributed by atoms with Crippen LogP contribution in [0.25, 0.3) is 44.2 Å².